The van der Waals surface area contributed by atoms with Gasteiger partial charge < -0.3 is 49.3 Å². The zero-order chi connectivity index (χ0) is 51.6. The summed E-state index contributed by atoms with van der Waals surface area (Å²) < 4.78 is 41.7. The number of carbonyl (C=O) groups excluding carboxylic acids is 4. The van der Waals surface area contributed by atoms with E-state index in [1.165, 1.54) is 33.1 Å². The summed E-state index contributed by atoms with van der Waals surface area (Å²) in [6.45, 7) is 9.90. The number of hydrogen-bond donors (Lipinski definition) is 4. The van der Waals surface area contributed by atoms with Crippen molar-refractivity contribution < 1.29 is 42.5 Å². The SMILES string of the molecule is COC(=O)NC(C(=O)N1CCC[C@H]1c1ncc(-c2ccc3c(c2)cc2n3C(c3cnc(CC4CC4)s3)Oc3cc(-c4cnc([C@@H]5CCCN5C(=O)[C@@H](NC(=O)OC)C(C)C)[nH]4)cc(F)c3-2)[nH]1)C1COCC(C)(C)C1. The minimum absolute atomic E-state index is 0.155. The molecular weight excluding hydrogens is 968 g/mol. The van der Waals surface area contributed by atoms with E-state index in [4.69, 9.17) is 33.9 Å². The molecule has 4 fully saturated rings. The first kappa shape index (κ1) is 49.4. The maximum atomic E-state index is 17.0. The van der Waals surface area contributed by atoms with Crippen LogP contribution < -0.4 is 15.4 Å². The van der Waals surface area contributed by atoms with Gasteiger partial charge in [-0.15, -0.1) is 11.3 Å². The van der Waals surface area contributed by atoms with Crippen LogP contribution >= 0.6 is 11.3 Å². The fourth-order valence-electron chi connectivity index (χ4n) is 11.5. The number of amides is 4. The lowest BCUT2D eigenvalue weighted by atomic mass is 9.78. The van der Waals surface area contributed by atoms with Crippen molar-refractivity contribution >= 4 is 46.2 Å². The van der Waals surface area contributed by atoms with Gasteiger partial charge in [0.25, 0.3) is 0 Å². The summed E-state index contributed by atoms with van der Waals surface area (Å²) in [6.07, 6.45) is 10.3. The molecule has 4 amide bonds. The molecule has 11 rings (SSSR count). The molecule has 0 spiro atoms. The number of rotatable bonds is 13. The van der Waals surface area contributed by atoms with Crippen LogP contribution in [0.15, 0.2) is 55.0 Å². The maximum Gasteiger partial charge on any atom is 0.407 e. The van der Waals surface area contributed by atoms with E-state index < -0.39 is 36.3 Å². The van der Waals surface area contributed by atoms with Crippen molar-refractivity contribution in [3.05, 3.63) is 82.3 Å². The molecule has 6 aromatic rings. The summed E-state index contributed by atoms with van der Waals surface area (Å²) in [5, 5.41) is 7.44. The summed E-state index contributed by atoms with van der Waals surface area (Å²) in [4.78, 5) is 78.8. The number of fused-ring (bicyclic) bond motifs is 5. The van der Waals surface area contributed by atoms with Gasteiger partial charge in [0.15, 0.2) is 0 Å². The van der Waals surface area contributed by atoms with E-state index >= 15 is 4.39 Å². The van der Waals surface area contributed by atoms with Crippen molar-refractivity contribution in [1.29, 1.82) is 0 Å². The summed E-state index contributed by atoms with van der Waals surface area (Å²) in [6, 6.07) is 9.13. The van der Waals surface area contributed by atoms with Gasteiger partial charge in [-0.1, -0.05) is 33.8 Å². The molecule has 3 unspecified atom stereocenters. The van der Waals surface area contributed by atoms with Crippen LogP contribution in [-0.2, 0) is 30.2 Å². The zero-order valence-corrected chi connectivity index (χ0v) is 43.4. The minimum atomic E-state index is -0.822. The number of benzene rings is 2. The third kappa shape index (κ3) is 9.50. The number of aromatic nitrogens is 6. The highest BCUT2D eigenvalue weighted by atomic mass is 32.1. The lowest BCUT2D eigenvalue weighted by Gasteiger charge is -2.39. The summed E-state index contributed by atoms with van der Waals surface area (Å²) in [5.41, 5.74) is 4.40. The second-order valence-electron chi connectivity index (χ2n) is 21.6. The standard InChI is InChI=1S/C54H63FN10O8S/c1-28(2)45(61-52(68)70-5)49(66)63-15-7-9-38(63)48-58-24-36(60-48)31-19-34(55)44-40-20-32-18-30(13-14-37(32)65(40)51(73-41(44)21-31)42-25-56-43(74-42)17-29-11-12-29)35-23-57-47(59-35)39-10-8-16-64(39)50(67)46(62-53(69)71-6)33-22-54(3,4)27-72-26-33/h13-14,18-21,23-25,28-29,33,38-39,45-46,51H,7-12,15-17,22,26-27H2,1-6H3,(H,57,59)(H,58,60)(H,61,68)(H,62,69)/t33?,38-,39-,45-,46?,51?/m0/s1. The van der Waals surface area contributed by atoms with Crippen molar-refractivity contribution in [2.75, 3.05) is 40.5 Å². The summed E-state index contributed by atoms with van der Waals surface area (Å²) in [5.74, 6) is 0.952. The van der Waals surface area contributed by atoms with E-state index in [0.29, 0.717) is 91.4 Å². The van der Waals surface area contributed by atoms with Crippen LogP contribution in [0.2, 0.25) is 0 Å². The number of alkyl carbamates (subject to hydrolysis) is 2. The van der Waals surface area contributed by atoms with E-state index in [1.807, 2.05) is 49.2 Å². The molecule has 1 saturated carbocycles. The number of ether oxygens (including phenoxy) is 4. The molecule has 6 atom stereocenters. The van der Waals surface area contributed by atoms with Crippen molar-refractivity contribution in [1.82, 2.24) is 49.9 Å². The number of nitrogens with one attached hydrogen (secondary N) is 4. The van der Waals surface area contributed by atoms with Gasteiger partial charge in [-0.3, -0.25) is 14.2 Å². The quantitative estimate of drug-likeness (QED) is 0.0857. The second-order valence-corrected chi connectivity index (χ2v) is 22.8. The molecule has 74 heavy (non-hydrogen) atoms. The second kappa shape index (κ2) is 19.8. The Bertz CT molecular complexity index is 3120. The molecule has 4 N–H and O–H groups in total. The van der Waals surface area contributed by atoms with Gasteiger partial charge in [0, 0.05) is 48.1 Å². The van der Waals surface area contributed by atoms with Crippen LogP contribution in [-0.4, -0.2) is 116 Å². The van der Waals surface area contributed by atoms with Gasteiger partial charge in [0.1, 0.15) is 35.3 Å². The zero-order valence-electron chi connectivity index (χ0n) is 42.5. The predicted molar refractivity (Wildman–Crippen MR) is 273 cm³/mol. The average molecular weight is 1030 g/mol. The number of halogens is 1. The van der Waals surface area contributed by atoms with Gasteiger partial charge in [-0.05, 0) is 92.5 Å². The molecule has 390 valence electrons. The maximum absolute atomic E-state index is 17.0. The summed E-state index contributed by atoms with van der Waals surface area (Å²) >= 11 is 1.62. The van der Waals surface area contributed by atoms with Gasteiger partial charge in [0.05, 0.1) is 90.0 Å². The molecule has 20 heteroatoms. The number of nitrogens with zero attached hydrogens (tertiary/aromatic N) is 6. The van der Waals surface area contributed by atoms with E-state index in [2.05, 4.69) is 45.1 Å². The fraction of sp³-hybridized carbons (Fsp3) is 0.500. The van der Waals surface area contributed by atoms with Crippen LogP contribution in [0.5, 0.6) is 5.75 Å². The van der Waals surface area contributed by atoms with Crippen molar-refractivity contribution in [2.24, 2.45) is 23.2 Å². The lowest BCUT2D eigenvalue weighted by molar-refractivity contribution is -0.139. The Morgan fingerprint density at radius 1 is 0.851 bits per heavy atom. The van der Waals surface area contributed by atoms with Gasteiger partial charge >= 0.3 is 12.2 Å². The van der Waals surface area contributed by atoms with Crippen LogP contribution in [0, 0.1) is 29.0 Å². The Hall–Kier alpha value is -6.80. The Morgan fingerprint density at radius 2 is 1.53 bits per heavy atom. The van der Waals surface area contributed by atoms with Gasteiger partial charge in [-0.2, -0.15) is 0 Å². The molecule has 1 aliphatic carbocycles. The monoisotopic (exact) mass is 1030 g/mol. The first-order chi connectivity index (χ1) is 35.7. The number of aromatic amines is 2. The fourth-order valence-corrected chi connectivity index (χ4v) is 12.5. The van der Waals surface area contributed by atoms with Crippen molar-refractivity contribution in [3.63, 3.8) is 0 Å². The molecule has 8 heterocycles. The first-order valence-electron chi connectivity index (χ1n) is 25.7. The highest BCUT2D eigenvalue weighted by molar-refractivity contribution is 7.11. The Kier molecular flexibility index (Phi) is 13.2. The Labute approximate surface area is 432 Å². The molecule has 4 aromatic heterocycles. The number of hydrogen-bond acceptors (Lipinski definition) is 12. The molecular formula is C54H63FN10O8S. The highest BCUT2D eigenvalue weighted by Gasteiger charge is 2.44. The smallest absolute Gasteiger partial charge is 0.407 e. The van der Waals surface area contributed by atoms with E-state index in [-0.39, 0.29) is 41.1 Å². The third-order valence-electron chi connectivity index (χ3n) is 15.3. The average Bonchev–Trinajstić information content (AvgIpc) is 4.13. The van der Waals surface area contributed by atoms with E-state index in [1.54, 1.807) is 28.6 Å². The number of likely N-dealkylation sites (tertiary alicyclic amines) is 2. The van der Waals surface area contributed by atoms with Crippen LogP contribution in [0.1, 0.15) is 112 Å². The van der Waals surface area contributed by atoms with Gasteiger partial charge in [0.2, 0.25) is 18.0 Å². The number of carbonyl (C=O) groups is 4. The molecule has 0 radical (unpaired) electrons. The number of methoxy groups -OCH3 is 2. The first-order valence-corrected chi connectivity index (χ1v) is 26.6. The predicted octanol–water partition coefficient (Wildman–Crippen LogP) is 9.07. The number of H-pyrrole nitrogens is 2. The summed E-state index contributed by atoms with van der Waals surface area (Å²) in [7, 11) is 2.56. The van der Waals surface area contributed by atoms with Crippen LogP contribution in [0.4, 0.5) is 14.0 Å². The number of thiazole rings is 1. The Balaban J connectivity index is 0.895. The highest BCUT2D eigenvalue weighted by Crippen LogP contribution is 2.49. The molecule has 0 bridgehead atoms. The van der Waals surface area contributed by atoms with Crippen molar-refractivity contribution in [3.8, 4) is 39.5 Å². The number of imidazole rings is 2. The third-order valence-corrected chi connectivity index (χ3v) is 16.4. The van der Waals surface area contributed by atoms with Gasteiger partial charge in [-0.25, -0.2) is 28.9 Å². The molecule has 4 aliphatic heterocycles. The molecule has 18 nitrogen and oxygen atoms in total. The van der Waals surface area contributed by atoms with E-state index in [0.717, 1.165) is 51.3 Å². The molecule has 2 aromatic carbocycles. The molecule has 3 saturated heterocycles. The lowest BCUT2D eigenvalue weighted by Crippen LogP contribution is -2.55. The topological polar surface area (TPSA) is 211 Å². The van der Waals surface area contributed by atoms with Crippen LogP contribution in [0.3, 0.4) is 0 Å². The van der Waals surface area contributed by atoms with E-state index in [9.17, 15) is 19.2 Å². The normalized spacial score (nSPS) is 22.0. The largest absolute Gasteiger partial charge is 0.464 e. The molecule has 5 aliphatic rings. The van der Waals surface area contributed by atoms with Crippen molar-refractivity contribution in [2.45, 2.75) is 109 Å². The Morgan fingerprint density at radius 3 is 2.19 bits per heavy atom. The van der Waals surface area contributed by atoms with Crippen LogP contribution in [0.25, 0.3) is 44.7 Å². The minimum Gasteiger partial charge on any atom is -0.464 e.